The van der Waals surface area contributed by atoms with E-state index in [-0.39, 0.29) is 18.4 Å². The average molecular weight is 141 g/mol. The van der Waals surface area contributed by atoms with E-state index < -0.39 is 11.7 Å². The molecule has 2 aliphatic rings. The molecule has 52 valence electrons. The predicted molar refractivity (Wildman–Crippen MR) is 27.2 cm³/mol. The summed E-state index contributed by atoms with van der Waals surface area (Å²) in [5, 5.41) is 2.21. The van der Waals surface area contributed by atoms with Crippen LogP contribution >= 0.6 is 0 Å². The maximum absolute atomic E-state index is 10.7. The number of ketones is 1. The lowest BCUT2D eigenvalue weighted by atomic mass is 10.4. The lowest BCUT2D eigenvalue weighted by Gasteiger charge is -1.96. The van der Waals surface area contributed by atoms with E-state index in [1.807, 2.05) is 0 Å². The van der Waals surface area contributed by atoms with Gasteiger partial charge >= 0.3 is 5.91 Å². The van der Waals surface area contributed by atoms with Gasteiger partial charge in [0.2, 0.25) is 18.4 Å². The van der Waals surface area contributed by atoms with Gasteiger partial charge in [0, 0.05) is 0 Å². The second-order valence-corrected chi connectivity index (χ2v) is 1.85. The van der Waals surface area contributed by atoms with Gasteiger partial charge in [0.05, 0.1) is 0 Å². The first-order chi connectivity index (χ1) is 4.79. The standard InChI is InChI=1S/C5H3NO4/c7-2-3-5(6-4(2)8)10-1-9-3/h1H2,(H,6,7,8). The third-order valence-electron chi connectivity index (χ3n) is 1.25. The molecule has 0 aliphatic carbocycles. The number of amides is 1. The molecule has 1 N–H and O–H groups in total. The van der Waals surface area contributed by atoms with Gasteiger partial charge < -0.3 is 9.47 Å². The topological polar surface area (TPSA) is 64.6 Å². The molecule has 0 aromatic heterocycles. The molecule has 0 spiro atoms. The monoisotopic (exact) mass is 141 g/mol. The molecular weight excluding hydrogens is 138 g/mol. The van der Waals surface area contributed by atoms with Crippen molar-refractivity contribution in [2.75, 3.05) is 6.79 Å². The van der Waals surface area contributed by atoms with Crippen molar-refractivity contribution in [1.29, 1.82) is 0 Å². The highest BCUT2D eigenvalue weighted by atomic mass is 16.7. The van der Waals surface area contributed by atoms with Crippen molar-refractivity contribution < 1.29 is 19.1 Å². The van der Waals surface area contributed by atoms with E-state index in [2.05, 4.69) is 10.1 Å². The minimum atomic E-state index is -0.690. The van der Waals surface area contributed by atoms with Gasteiger partial charge in [0.15, 0.2) is 0 Å². The van der Waals surface area contributed by atoms with Crippen LogP contribution in [-0.2, 0) is 19.1 Å². The van der Waals surface area contributed by atoms with Crippen molar-refractivity contribution in [2.45, 2.75) is 0 Å². The number of carbonyl (C=O) groups excluding carboxylic acids is 2. The largest absolute Gasteiger partial charge is 0.447 e. The molecule has 0 saturated heterocycles. The third-order valence-corrected chi connectivity index (χ3v) is 1.25. The summed E-state index contributed by atoms with van der Waals surface area (Å²) in [6.07, 6.45) is 0. The average Bonchev–Trinajstić information content (AvgIpc) is 2.41. The van der Waals surface area contributed by atoms with E-state index >= 15 is 0 Å². The smallest absolute Gasteiger partial charge is 0.302 e. The Kier molecular flexibility index (Phi) is 0.791. The van der Waals surface area contributed by atoms with Crippen LogP contribution in [0.3, 0.4) is 0 Å². The van der Waals surface area contributed by atoms with Crippen LogP contribution in [0, 0.1) is 0 Å². The Morgan fingerprint density at radius 1 is 1.30 bits per heavy atom. The summed E-state index contributed by atoms with van der Waals surface area (Å²) in [6, 6.07) is 0. The molecule has 0 atom stereocenters. The maximum atomic E-state index is 10.7. The first-order valence-corrected chi connectivity index (χ1v) is 2.64. The van der Waals surface area contributed by atoms with E-state index in [9.17, 15) is 9.59 Å². The summed E-state index contributed by atoms with van der Waals surface area (Å²) in [4.78, 5) is 21.2. The quantitative estimate of drug-likeness (QED) is 0.433. The molecule has 5 heteroatoms. The SMILES string of the molecule is O=C1NC2=C(OCO2)C1=O. The van der Waals surface area contributed by atoms with Crippen molar-refractivity contribution in [3.05, 3.63) is 11.6 Å². The Bertz CT molecular complexity index is 254. The Morgan fingerprint density at radius 2 is 2.10 bits per heavy atom. The van der Waals surface area contributed by atoms with Crippen LogP contribution in [0.25, 0.3) is 0 Å². The fourth-order valence-electron chi connectivity index (χ4n) is 0.803. The Morgan fingerprint density at radius 3 is 2.80 bits per heavy atom. The fourth-order valence-corrected chi connectivity index (χ4v) is 0.803. The molecule has 0 fully saturated rings. The van der Waals surface area contributed by atoms with Gasteiger partial charge in [0.25, 0.3) is 5.78 Å². The molecular formula is C5H3NO4. The molecule has 0 radical (unpaired) electrons. The third kappa shape index (κ3) is 0.464. The zero-order valence-electron chi connectivity index (χ0n) is 4.84. The van der Waals surface area contributed by atoms with Crippen LogP contribution in [0.1, 0.15) is 0 Å². The molecule has 0 aromatic carbocycles. The predicted octanol–water partition coefficient (Wildman–Crippen LogP) is -1.14. The maximum Gasteiger partial charge on any atom is 0.302 e. The van der Waals surface area contributed by atoms with Crippen molar-refractivity contribution in [3.63, 3.8) is 0 Å². The first-order valence-electron chi connectivity index (χ1n) is 2.64. The van der Waals surface area contributed by atoms with Crippen LogP contribution in [0.4, 0.5) is 0 Å². The zero-order valence-corrected chi connectivity index (χ0v) is 4.84. The van der Waals surface area contributed by atoms with Crippen molar-refractivity contribution in [3.8, 4) is 0 Å². The van der Waals surface area contributed by atoms with Gasteiger partial charge in [-0.05, 0) is 0 Å². The van der Waals surface area contributed by atoms with E-state index in [1.54, 1.807) is 0 Å². The molecule has 1 amide bonds. The van der Waals surface area contributed by atoms with Crippen LogP contribution in [0.5, 0.6) is 0 Å². The van der Waals surface area contributed by atoms with E-state index in [0.717, 1.165) is 0 Å². The van der Waals surface area contributed by atoms with Gasteiger partial charge in [-0.15, -0.1) is 0 Å². The van der Waals surface area contributed by atoms with E-state index in [0.29, 0.717) is 0 Å². The minimum absolute atomic E-state index is 0.00463. The van der Waals surface area contributed by atoms with Crippen LogP contribution in [-0.4, -0.2) is 18.5 Å². The van der Waals surface area contributed by atoms with Crippen molar-refractivity contribution >= 4 is 11.7 Å². The Labute approximate surface area is 55.6 Å². The first kappa shape index (κ1) is 5.28. The Hall–Kier alpha value is -1.52. The molecule has 2 rings (SSSR count). The minimum Gasteiger partial charge on any atom is -0.447 e. The summed E-state index contributed by atoms with van der Waals surface area (Å²) in [7, 11) is 0. The highest BCUT2D eigenvalue weighted by molar-refractivity contribution is 6.44. The molecule has 0 bridgehead atoms. The zero-order chi connectivity index (χ0) is 7.14. The van der Waals surface area contributed by atoms with Crippen molar-refractivity contribution in [1.82, 2.24) is 5.32 Å². The normalized spacial score (nSPS) is 22.0. The van der Waals surface area contributed by atoms with E-state index in [4.69, 9.17) is 4.74 Å². The summed E-state index contributed by atoms with van der Waals surface area (Å²) in [5.74, 6) is -1.20. The molecule has 2 aliphatic heterocycles. The number of ether oxygens (including phenoxy) is 2. The number of rotatable bonds is 0. The molecule has 0 aromatic rings. The fraction of sp³-hybridized carbons (Fsp3) is 0.200. The molecule has 5 nitrogen and oxygen atoms in total. The van der Waals surface area contributed by atoms with Crippen LogP contribution in [0.2, 0.25) is 0 Å². The second kappa shape index (κ2) is 1.50. The summed E-state index contributed by atoms with van der Waals surface area (Å²) in [5.41, 5.74) is 0. The van der Waals surface area contributed by atoms with Crippen molar-refractivity contribution in [2.24, 2.45) is 0 Å². The number of carbonyl (C=O) groups is 2. The highest BCUT2D eigenvalue weighted by Gasteiger charge is 2.37. The summed E-state index contributed by atoms with van der Waals surface area (Å²) < 4.78 is 9.41. The second-order valence-electron chi connectivity index (χ2n) is 1.85. The number of hydrogen-bond donors (Lipinski definition) is 1. The van der Waals surface area contributed by atoms with Crippen LogP contribution < -0.4 is 5.32 Å². The van der Waals surface area contributed by atoms with Gasteiger partial charge in [0.1, 0.15) is 0 Å². The number of nitrogens with one attached hydrogen (secondary N) is 1. The number of hydrogen-bond acceptors (Lipinski definition) is 4. The lowest BCUT2D eigenvalue weighted by Crippen LogP contribution is -2.23. The molecule has 0 unspecified atom stereocenters. The van der Waals surface area contributed by atoms with Gasteiger partial charge in [-0.25, -0.2) is 0 Å². The van der Waals surface area contributed by atoms with Gasteiger partial charge in [-0.2, -0.15) is 0 Å². The van der Waals surface area contributed by atoms with Gasteiger partial charge in [-0.1, -0.05) is 0 Å². The van der Waals surface area contributed by atoms with Gasteiger partial charge in [-0.3, -0.25) is 14.9 Å². The molecule has 2 heterocycles. The molecule has 0 saturated carbocycles. The number of Topliss-reactive ketones (excluding diaryl/α,β-unsaturated/α-hetero) is 1. The summed E-state index contributed by atoms with van der Waals surface area (Å²) in [6.45, 7) is 0.0106. The Balaban J connectivity index is 2.39. The molecule has 10 heavy (non-hydrogen) atoms. The van der Waals surface area contributed by atoms with E-state index in [1.165, 1.54) is 0 Å². The summed E-state index contributed by atoms with van der Waals surface area (Å²) >= 11 is 0. The highest BCUT2D eigenvalue weighted by Crippen LogP contribution is 2.19. The van der Waals surface area contributed by atoms with Crippen LogP contribution in [0.15, 0.2) is 11.6 Å². The lowest BCUT2D eigenvalue weighted by molar-refractivity contribution is -0.137.